The molecule has 0 N–H and O–H groups in total. The number of ether oxygens (including phenoxy) is 2. The lowest BCUT2D eigenvalue weighted by Crippen LogP contribution is -2.30. The Bertz CT molecular complexity index is 829. The molecule has 0 aliphatic carbocycles. The first-order chi connectivity index (χ1) is 12.7. The number of hydrogen-bond donors (Lipinski definition) is 0. The van der Waals surface area contributed by atoms with E-state index in [-0.39, 0.29) is 5.92 Å². The lowest BCUT2D eigenvalue weighted by molar-refractivity contribution is -0.160. The molecule has 0 atom stereocenters. The van der Waals surface area contributed by atoms with Gasteiger partial charge in [0.2, 0.25) is 6.29 Å². The fourth-order valence-electron chi connectivity index (χ4n) is 2.48. The van der Waals surface area contributed by atoms with E-state index in [0.29, 0.717) is 30.0 Å². The minimum absolute atomic E-state index is 0.269. The van der Waals surface area contributed by atoms with Gasteiger partial charge in [-0.15, -0.1) is 0 Å². The Labute approximate surface area is 151 Å². The number of hydrogen-bond acceptors (Lipinski definition) is 3. The van der Waals surface area contributed by atoms with E-state index >= 15 is 0 Å². The van der Waals surface area contributed by atoms with Crippen molar-refractivity contribution in [1.82, 2.24) is 4.98 Å². The van der Waals surface area contributed by atoms with Gasteiger partial charge in [0.15, 0.2) is 11.6 Å². The van der Waals surface area contributed by atoms with Crippen LogP contribution in [0.2, 0.25) is 0 Å². The Hall–Kier alpha value is -2.55. The van der Waals surface area contributed by atoms with Crippen molar-refractivity contribution >= 4 is 0 Å². The van der Waals surface area contributed by atoms with Crippen molar-refractivity contribution in [3.05, 3.63) is 65.9 Å². The highest BCUT2D eigenvalue weighted by Crippen LogP contribution is 2.19. The summed E-state index contributed by atoms with van der Waals surface area (Å²) < 4.78 is 37.5. The largest absolute Gasteiger partial charge is 0.341 e. The maximum absolute atomic E-state index is 13.3. The normalized spacial score (nSPS) is 20.0. The van der Waals surface area contributed by atoms with Gasteiger partial charge in [-0.2, -0.15) is 0 Å². The van der Waals surface area contributed by atoms with Crippen LogP contribution in [0.15, 0.2) is 48.7 Å². The van der Waals surface area contributed by atoms with Crippen LogP contribution in [0, 0.1) is 29.4 Å². The molecule has 0 radical (unpaired) electrons. The van der Waals surface area contributed by atoms with Crippen LogP contribution in [0.4, 0.5) is 8.78 Å². The van der Waals surface area contributed by atoms with E-state index in [1.54, 1.807) is 18.3 Å². The summed E-state index contributed by atoms with van der Waals surface area (Å²) in [5.74, 6) is 4.37. The number of rotatable bonds is 3. The Kier molecular flexibility index (Phi) is 6.11. The molecule has 3 rings (SSSR count). The Morgan fingerprint density at radius 3 is 2.62 bits per heavy atom. The first kappa shape index (κ1) is 18.2. The summed E-state index contributed by atoms with van der Waals surface area (Å²) >= 11 is 0. The average molecular weight is 355 g/mol. The predicted molar refractivity (Wildman–Crippen MR) is 95.1 cm³/mol. The molecule has 2 aromatic rings. The minimum Gasteiger partial charge on any atom is -0.341 e. The topological polar surface area (TPSA) is 31.4 Å². The summed E-state index contributed by atoms with van der Waals surface area (Å²) in [7, 11) is 0. The lowest BCUT2D eigenvalue weighted by atomic mass is 10.1. The molecular weight excluding hydrogens is 336 g/mol. The molecule has 1 aromatic carbocycles. The lowest BCUT2D eigenvalue weighted by Gasteiger charge is -2.24. The SMILES string of the molecule is CCC=C[C@H]1CO[C@H](C#Cc2ccc(-c3ccc(F)c(F)c3)nc2)OC1. The van der Waals surface area contributed by atoms with Crippen molar-refractivity contribution in [2.75, 3.05) is 13.2 Å². The summed E-state index contributed by atoms with van der Waals surface area (Å²) in [6.07, 6.45) is 6.23. The zero-order valence-electron chi connectivity index (χ0n) is 14.4. The van der Waals surface area contributed by atoms with Crippen LogP contribution in [0.5, 0.6) is 0 Å². The van der Waals surface area contributed by atoms with E-state index < -0.39 is 17.9 Å². The van der Waals surface area contributed by atoms with E-state index in [9.17, 15) is 8.78 Å². The smallest absolute Gasteiger partial charge is 0.222 e. The third-order valence-corrected chi connectivity index (χ3v) is 3.88. The van der Waals surface area contributed by atoms with Gasteiger partial charge in [-0.1, -0.05) is 25.0 Å². The summed E-state index contributed by atoms with van der Waals surface area (Å²) in [5, 5.41) is 0. The molecule has 3 nitrogen and oxygen atoms in total. The monoisotopic (exact) mass is 355 g/mol. The van der Waals surface area contributed by atoms with Gasteiger partial charge in [0, 0.05) is 23.2 Å². The standard InChI is InChI=1S/C21H19F2NO2/c1-2-3-4-16-13-25-21(26-14-16)10-6-15-5-9-20(24-12-15)17-7-8-18(22)19(23)11-17/h3-5,7-9,11-12,16,21H,2,13-14H2,1H3/t16-,21-. The molecule has 0 amide bonds. The Morgan fingerprint density at radius 1 is 1.15 bits per heavy atom. The summed E-state index contributed by atoms with van der Waals surface area (Å²) in [4.78, 5) is 4.25. The molecule has 134 valence electrons. The quantitative estimate of drug-likeness (QED) is 0.606. The zero-order valence-corrected chi connectivity index (χ0v) is 14.4. The van der Waals surface area contributed by atoms with Crippen molar-refractivity contribution in [3.8, 4) is 23.1 Å². The van der Waals surface area contributed by atoms with Crippen molar-refractivity contribution in [2.24, 2.45) is 5.92 Å². The molecule has 5 heteroatoms. The van der Waals surface area contributed by atoms with Crippen LogP contribution in [0.3, 0.4) is 0 Å². The maximum Gasteiger partial charge on any atom is 0.222 e. The number of pyridine rings is 1. The molecular formula is C21H19F2NO2. The van der Waals surface area contributed by atoms with Gasteiger partial charge in [-0.25, -0.2) is 8.78 Å². The number of nitrogens with zero attached hydrogens (tertiary/aromatic N) is 1. The first-order valence-corrected chi connectivity index (χ1v) is 8.48. The number of benzene rings is 1. The van der Waals surface area contributed by atoms with Crippen LogP contribution < -0.4 is 0 Å². The third-order valence-electron chi connectivity index (χ3n) is 3.88. The average Bonchev–Trinajstić information content (AvgIpc) is 2.68. The molecule has 1 aliphatic rings. The van der Waals surface area contributed by atoms with Crippen molar-refractivity contribution in [2.45, 2.75) is 19.6 Å². The van der Waals surface area contributed by atoms with E-state index in [1.165, 1.54) is 6.07 Å². The molecule has 1 aliphatic heterocycles. The van der Waals surface area contributed by atoms with Gasteiger partial charge in [0.25, 0.3) is 0 Å². The molecule has 1 fully saturated rings. The summed E-state index contributed by atoms with van der Waals surface area (Å²) in [6, 6.07) is 7.17. The van der Waals surface area contributed by atoms with Gasteiger partial charge in [-0.3, -0.25) is 4.98 Å². The highest BCUT2D eigenvalue weighted by Gasteiger charge is 2.18. The number of aromatic nitrogens is 1. The van der Waals surface area contributed by atoms with Gasteiger partial charge in [0.1, 0.15) is 0 Å². The molecule has 0 unspecified atom stereocenters. The van der Waals surface area contributed by atoms with E-state index in [4.69, 9.17) is 9.47 Å². The number of halogens is 2. The van der Waals surface area contributed by atoms with Gasteiger partial charge < -0.3 is 9.47 Å². The molecule has 2 heterocycles. The van der Waals surface area contributed by atoms with Crippen LogP contribution in [-0.2, 0) is 9.47 Å². The highest BCUT2D eigenvalue weighted by atomic mass is 19.2. The molecule has 0 bridgehead atoms. The highest BCUT2D eigenvalue weighted by molar-refractivity contribution is 5.59. The van der Waals surface area contributed by atoms with Crippen LogP contribution in [0.25, 0.3) is 11.3 Å². The second kappa shape index (κ2) is 8.70. The van der Waals surface area contributed by atoms with Gasteiger partial charge in [0.05, 0.1) is 18.9 Å². The summed E-state index contributed by atoms with van der Waals surface area (Å²) in [5.41, 5.74) is 1.75. The van der Waals surface area contributed by atoms with Gasteiger partial charge >= 0.3 is 0 Å². The fourth-order valence-corrected chi connectivity index (χ4v) is 2.48. The van der Waals surface area contributed by atoms with E-state index in [2.05, 4.69) is 35.9 Å². The van der Waals surface area contributed by atoms with E-state index in [0.717, 1.165) is 18.6 Å². The second-order valence-electron chi connectivity index (χ2n) is 5.93. The molecule has 1 aromatic heterocycles. The van der Waals surface area contributed by atoms with Crippen LogP contribution >= 0.6 is 0 Å². The Morgan fingerprint density at radius 2 is 1.96 bits per heavy atom. The summed E-state index contributed by atoms with van der Waals surface area (Å²) in [6.45, 7) is 3.26. The fraction of sp³-hybridized carbons (Fsp3) is 0.286. The molecule has 1 saturated heterocycles. The Balaban J connectivity index is 1.61. The van der Waals surface area contributed by atoms with Crippen LogP contribution in [0.1, 0.15) is 18.9 Å². The molecule has 26 heavy (non-hydrogen) atoms. The molecule has 0 spiro atoms. The number of allylic oxidation sites excluding steroid dienone is 1. The maximum atomic E-state index is 13.3. The van der Waals surface area contributed by atoms with Crippen molar-refractivity contribution in [3.63, 3.8) is 0 Å². The third kappa shape index (κ3) is 4.75. The minimum atomic E-state index is -0.896. The van der Waals surface area contributed by atoms with E-state index in [1.807, 2.05) is 0 Å². The second-order valence-corrected chi connectivity index (χ2v) is 5.93. The molecule has 0 saturated carbocycles. The van der Waals surface area contributed by atoms with Crippen molar-refractivity contribution in [1.29, 1.82) is 0 Å². The zero-order chi connectivity index (χ0) is 18.4. The van der Waals surface area contributed by atoms with Crippen molar-refractivity contribution < 1.29 is 18.3 Å². The predicted octanol–water partition coefficient (Wildman–Crippen LogP) is 4.33. The first-order valence-electron chi connectivity index (χ1n) is 8.48. The van der Waals surface area contributed by atoms with Crippen LogP contribution in [-0.4, -0.2) is 24.5 Å². The van der Waals surface area contributed by atoms with Gasteiger partial charge in [-0.05, 0) is 42.7 Å².